The van der Waals surface area contributed by atoms with E-state index in [1.165, 1.54) is 0 Å². The standard InChI is InChI=1S/C17H26N4O3/c1-23-11-10-21-13-17(14(12-24-2)15(21)22)4-8-20(9-5-17)16-18-6-3-7-19-16/h3,6-7,14H,4-5,8-13H2,1-2H3/t14-/m0/s1. The van der Waals surface area contributed by atoms with Crippen LogP contribution in [0, 0.1) is 11.3 Å². The van der Waals surface area contributed by atoms with E-state index in [2.05, 4.69) is 14.9 Å². The lowest BCUT2D eigenvalue weighted by molar-refractivity contribution is -0.133. The number of likely N-dealkylation sites (tertiary alicyclic amines) is 1. The molecule has 1 aromatic rings. The molecule has 0 radical (unpaired) electrons. The first-order valence-corrected chi connectivity index (χ1v) is 8.49. The van der Waals surface area contributed by atoms with Gasteiger partial charge in [-0.3, -0.25) is 4.79 Å². The first-order chi connectivity index (χ1) is 11.7. The molecule has 2 saturated heterocycles. The Morgan fingerprint density at radius 3 is 2.54 bits per heavy atom. The minimum Gasteiger partial charge on any atom is -0.384 e. The van der Waals surface area contributed by atoms with Crippen LogP contribution in [-0.2, 0) is 14.3 Å². The van der Waals surface area contributed by atoms with E-state index in [0.29, 0.717) is 19.8 Å². The van der Waals surface area contributed by atoms with Gasteiger partial charge in [0.25, 0.3) is 0 Å². The van der Waals surface area contributed by atoms with E-state index in [1.54, 1.807) is 26.6 Å². The van der Waals surface area contributed by atoms with E-state index < -0.39 is 0 Å². The van der Waals surface area contributed by atoms with Crippen molar-refractivity contribution in [3.8, 4) is 0 Å². The Labute approximate surface area is 143 Å². The molecule has 7 nitrogen and oxygen atoms in total. The molecule has 1 spiro atoms. The normalized spacial score (nSPS) is 23.2. The van der Waals surface area contributed by atoms with Crippen LogP contribution in [-0.4, -0.2) is 74.4 Å². The van der Waals surface area contributed by atoms with Crippen molar-refractivity contribution < 1.29 is 14.3 Å². The summed E-state index contributed by atoms with van der Waals surface area (Å²) in [5.41, 5.74) is -0.00782. The number of ether oxygens (including phenoxy) is 2. The number of methoxy groups -OCH3 is 2. The fraction of sp³-hybridized carbons (Fsp3) is 0.706. The number of piperidine rings is 1. The monoisotopic (exact) mass is 334 g/mol. The average molecular weight is 334 g/mol. The predicted octanol–water partition coefficient (Wildman–Crippen LogP) is 0.814. The Morgan fingerprint density at radius 2 is 1.92 bits per heavy atom. The van der Waals surface area contributed by atoms with Gasteiger partial charge in [0, 0.05) is 58.2 Å². The lowest BCUT2D eigenvalue weighted by Gasteiger charge is -2.41. The summed E-state index contributed by atoms with van der Waals surface area (Å²) in [5.74, 6) is 0.924. The number of carbonyl (C=O) groups excluding carboxylic acids is 1. The lowest BCUT2D eigenvalue weighted by atomic mass is 9.71. The molecule has 0 aromatic carbocycles. The Hall–Kier alpha value is -1.73. The van der Waals surface area contributed by atoms with Crippen molar-refractivity contribution in [2.75, 3.05) is 58.5 Å². The third kappa shape index (κ3) is 3.23. The third-order valence-electron chi connectivity index (χ3n) is 5.35. The molecule has 2 aliphatic heterocycles. The van der Waals surface area contributed by atoms with Crippen molar-refractivity contribution in [1.29, 1.82) is 0 Å². The highest BCUT2D eigenvalue weighted by Crippen LogP contribution is 2.45. The fourth-order valence-electron chi connectivity index (χ4n) is 3.97. The van der Waals surface area contributed by atoms with Gasteiger partial charge in [-0.2, -0.15) is 0 Å². The fourth-order valence-corrected chi connectivity index (χ4v) is 3.97. The van der Waals surface area contributed by atoms with Gasteiger partial charge < -0.3 is 19.3 Å². The maximum atomic E-state index is 12.8. The molecule has 0 unspecified atom stereocenters. The molecule has 3 rings (SSSR count). The van der Waals surface area contributed by atoms with Crippen LogP contribution in [0.2, 0.25) is 0 Å². The second-order valence-corrected chi connectivity index (χ2v) is 6.66. The van der Waals surface area contributed by atoms with Crippen LogP contribution in [0.1, 0.15) is 12.8 Å². The quantitative estimate of drug-likeness (QED) is 0.767. The van der Waals surface area contributed by atoms with Gasteiger partial charge in [0.15, 0.2) is 0 Å². The number of anilines is 1. The molecule has 1 aromatic heterocycles. The summed E-state index contributed by atoms with van der Waals surface area (Å²) in [6.07, 6.45) is 5.45. The smallest absolute Gasteiger partial charge is 0.228 e. The number of nitrogens with zero attached hydrogens (tertiary/aromatic N) is 4. The molecule has 132 valence electrons. The lowest BCUT2D eigenvalue weighted by Crippen LogP contribution is -2.46. The summed E-state index contributed by atoms with van der Waals surface area (Å²) in [5, 5.41) is 0. The number of hydrogen-bond acceptors (Lipinski definition) is 6. The Kier molecular flexibility index (Phi) is 5.30. The van der Waals surface area contributed by atoms with Gasteiger partial charge in [0.2, 0.25) is 11.9 Å². The van der Waals surface area contributed by atoms with Crippen LogP contribution in [0.3, 0.4) is 0 Å². The highest BCUT2D eigenvalue weighted by Gasteiger charge is 2.52. The zero-order chi connectivity index (χ0) is 17.0. The van der Waals surface area contributed by atoms with Crippen molar-refractivity contribution in [3.63, 3.8) is 0 Å². The van der Waals surface area contributed by atoms with Gasteiger partial charge in [0.1, 0.15) is 0 Å². The largest absolute Gasteiger partial charge is 0.384 e. The number of amides is 1. The van der Waals surface area contributed by atoms with Gasteiger partial charge in [-0.15, -0.1) is 0 Å². The highest BCUT2D eigenvalue weighted by atomic mass is 16.5. The molecule has 7 heteroatoms. The summed E-state index contributed by atoms with van der Waals surface area (Å²) in [6, 6.07) is 1.83. The molecule has 3 heterocycles. The van der Waals surface area contributed by atoms with E-state index in [-0.39, 0.29) is 17.2 Å². The van der Waals surface area contributed by atoms with Crippen LogP contribution in [0.25, 0.3) is 0 Å². The minimum absolute atomic E-state index is 0.00782. The Morgan fingerprint density at radius 1 is 1.21 bits per heavy atom. The van der Waals surface area contributed by atoms with Gasteiger partial charge in [0.05, 0.1) is 19.1 Å². The molecular weight excluding hydrogens is 308 g/mol. The molecular formula is C17H26N4O3. The Balaban J connectivity index is 1.71. The molecule has 24 heavy (non-hydrogen) atoms. The summed E-state index contributed by atoms with van der Waals surface area (Å²) in [4.78, 5) is 25.6. The van der Waals surface area contributed by atoms with E-state index in [4.69, 9.17) is 9.47 Å². The molecule has 0 bridgehead atoms. The number of hydrogen-bond donors (Lipinski definition) is 0. The van der Waals surface area contributed by atoms with E-state index >= 15 is 0 Å². The molecule has 2 fully saturated rings. The van der Waals surface area contributed by atoms with Crippen molar-refractivity contribution >= 4 is 11.9 Å². The van der Waals surface area contributed by atoms with Crippen molar-refractivity contribution in [2.45, 2.75) is 12.8 Å². The maximum absolute atomic E-state index is 12.8. The number of aromatic nitrogens is 2. The van der Waals surface area contributed by atoms with Crippen LogP contribution in [0.4, 0.5) is 5.95 Å². The number of rotatable bonds is 6. The zero-order valence-electron chi connectivity index (χ0n) is 14.5. The SMILES string of the molecule is COCCN1CC2(CCN(c3ncccn3)CC2)[C@@H](COC)C1=O. The molecule has 0 aliphatic carbocycles. The molecule has 1 atom stereocenters. The first-order valence-electron chi connectivity index (χ1n) is 8.49. The van der Waals surface area contributed by atoms with Gasteiger partial charge >= 0.3 is 0 Å². The molecule has 0 N–H and O–H groups in total. The third-order valence-corrected chi connectivity index (χ3v) is 5.35. The molecule has 1 amide bonds. The van der Waals surface area contributed by atoms with Gasteiger partial charge in [-0.05, 0) is 18.9 Å². The summed E-state index contributed by atoms with van der Waals surface area (Å²) >= 11 is 0. The van der Waals surface area contributed by atoms with Crippen molar-refractivity contribution in [3.05, 3.63) is 18.5 Å². The van der Waals surface area contributed by atoms with Crippen LogP contribution >= 0.6 is 0 Å². The van der Waals surface area contributed by atoms with E-state index in [1.807, 2.05) is 11.0 Å². The second-order valence-electron chi connectivity index (χ2n) is 6.66. The summed E-state index contributed by atoms with van der Waals surface area (Å²) in [7, 11) is 3.34. The van der Waals surface area contributed by atoms with E-state index in [9.17, 15) is 4.79 Å². The number of carbonyl (C=O) groups is 1. The van der Waals surface area contributed by atoms with Gasteiger partial charge in [-0.25, -0.2) is 9.97 Å². The highest BCUT2D eigenvalue weighted by molar-refractivity contribution is 5.82. The van der Waals surface area contributed by atoms with Crippen LogP contribution < -0.4 is 4.90 Å². The average Bonchev–Trinajstić information content (AvgIpc) is 2.87. The second kappa shape index (κ2) is 7.44. The van der Waals surface area contributed by atoms with E-state index in [0.717, 1.165) is 38.4 Å². The summed E-state index contributed by atoms with van der Waals surface area (Å²) in [6.45, 7) is 4.26. The van der Waals surface area contributed by atoms with Crippen LogP contribution in [0.5, 0.6) is 0 Å². The molecule has 2 aliphatic rings. The van der Waals surface area contributed by atoms with Crippen molar-refractivity contribution in [1.82, 2.24) is 14.9 Å². The minimum atomic E-state index is -0.0572. The molecule has 0 saturated carbocycles. The Bertz CT molecular complexity index is 546. The zero-order valence-corrected chi connectivity index (χ0v) is 14.5. The maximum Gasteiger partial charge on any atom is 0.228 e. The van der Waals surface area contributed by atoms with Crippen LogP contribution in [0.15, 0.2) is 18.5 Å². The predicted molar refractivity (Wildman–Crippen MR) is 89.7 cm³/mol. The topological polar surface area (TPSA) is 67.8 Å². The summed E-state index contributed by atoms with van der Waals surface area (Å²) < 4.78 is 10.5. The van der Waals surface area contributed by atoms with Gasteiger partial charge in [-0.1, -0.05) is 0 Å². The first kappa shape index (κ1) is 17.1. The van der Waals surface area contributed by atoms with Crippen molar-refractivity contribution in [2.24, 2.45) is 11.3 Å².